The number of nitrogens with one attached hydrogen (secondary N) is 1. The van der Waals surface area contributed by atoms with Gasteiger partial charge in [-0.3, -0.25) is 4.90 Å². The van der Waals surface area contributed by atoms with Gasteiger partial charge in [-0.25, -0.2) is 0 Å². The topological polar surface area (TPSA) is 33.7 Å². The summed E-state index contributed by atoms with van der Waals surface area (Å²) >= 11 is 0. The van der Waals surface area contributed by atoms with Crippen molar-refractivity contribution >= 4 is 0 Å². The van der Waals surface area contributed by atoms with Gasteiger partial charge >= 0.3 is 0 Å². The molecule has 1 aliphatic heterocycles. The van der Waals surface area contributed by atoms with E-state index in [1.165, 1.54) is 5.56 Å². The van der Waals surface area contributed by atoms with Crippen LogP contribution < -0.4 is 10.1 Å². The maximum absolute atomic E-state index is 5.40. The van der Waals surface area contributed by atoms with E-state index >= 15 is 0 Å². The van der Waals surface area contributed by atoms with Crippen molar-refractivity contribution in [3.8, 4) is 5.75 Å². The van der Waals surface area contributed by atoms with E-state index < -0.39 is 0 Å². The van der Waals surface area contributed by atoms with E-state index in [0.29, 0.717) is 6.04 Å². The summed E-state index contributed by atoms with van der Waals surface area (Å²) in [6.07, 6.45) is 0. The van der Waals surface area contributed by atoms with Crippen molar-refractivity contribution in [3.63, 3.8) is 0 Å². The van der Waals surface area contributed by atoms with E-state index in [4.69, 9.17) is 9.47 Å². The van der Waals surface area contributed by atoms with Crippen molar-refractivity contribution in [2.45, 2.75) is 13.0 Å². The van der Waals surface area contributed by atoms with Gasteiger partial charge < -0.3 is 14.8 Å². The van der Waals surface area contributed by atoms with Crippen molar-refractivity contribution in [1.29, 1.82) is 0 Å². The molecular weight excluding hydrogens is 240 g/mol. The van der Waals surface area contributed by atoms with Gasteiger partial charge in [0.15, 0.2) is 0 Å². The van der Waals surface area contributed by atoms with Crippen LogP contribution >= 0.6 is 0 Å². The highest BCUT2D eigenvalue weighted by atomic mass is 16.5. The van der Waals surface area contributed by atoms with E-state index in [2.05, 4.69) is 29.3 Å². The Morgan fingerprint density at radius 1 is 1.26 bits per heavy atom. The molecular formula is C15H24N2O2. The Morgan fingerprint density at radius 3 is 2.53 bits per heavy atom. The number of hydrogen-bond donors (Lipinski definition) is 1. The lowest BCUT2D eigenvalue weighted by Gasteiger charge is -2.31. The van der Waals surface area contributed by atoms with Crippen molar-refractivity contribution in [1.82, 2.24) is 10.2 Å². The SMILES string of the molecule is CCNC(CN1CCOCC1)c1ccc(OC)cc1. The Hall–Kier alpha value is -1.10. The second kappa shape index (κ2) is 7.48. The minimum Gasteiger partial charge on any atom is -0.497 e. The molecule has 1 aliphatic rings. The number of likely N-dealkylation sites (N-methyl/N-ethyl adjacent to an activating group) is 1. The van der Waals surface area contributed by atoms with Crippen LogP contribution in [0.15, 0.2) is 24.3 Å². The van der Waals surface area contributed by atoms with Crippen LogP contribution in [0.1, 0.15) is 18.5 Å². The van der Waals surface area contributed by atoms with Gasteiger partial charge in [0.2, 0.25) is 0 Å². The fourth-order valence-corrected chi connectivity index (χ4v) is 2.41. The minimum atomic E-state index is 0.369. The second-order valence-corrected chi connectivity index (χ2v) is 4.80. The average Bonchev–Trinajstić information content (AvgIpc) is 2.48. The Morgan fingerprint density at radius 2 is 1.95 bits per heavy atom. The standard InChI is InChI=1S/C15H24N2O2/c1-3-16-15(12-17-8-10-19-11-9-17)13-4-6-14(18-2)7-5-13/h4-7,15-16H,3,8-12H2,1-2H3. The van der Waals surface area contributed by atoms with Crippen LogP contribution in [0.3, 0.4) is 0 Å². The predicted molar refractivity (Wildman–Crippen MR) is 76.7 cm³/mol. The molecule has 19 heavy (non-hydrogen) atoms. The molecule has 1 aromatic rings. The predicted octanol–water partition coefficient (Wildman–Crippen LogP) is 1.68. The molecule has 1 unspecified atom stereocenters. The summed E-state index contributed by atoms with van der Waals surface area (Å²) in [4.78, 5) is 2.46. The lowest BCUT2D eigenvalue weighted by molar-refractivity contribution is 0.0335. The largest absolute Gasteiger partial charge is 0.497 e. The number of morpholine rings is 1. The maximum atomic E-state index is 5.40. The minimum absolute atomic E-state index is 0.369. The fraction of sp³-hybridized carbons (Fsp3) is 0.600. The van der Waals surface area contributed by atoms with Gasteiger partial charge in [-0.15, -0.1) is 0 Å². The summed E-state index contributed by atoms with van der Waals surface area (Å²) in [5, 5.41) is 3.56. The molecule has 0 aromatic heterocycles. The lowest BCUT2D eigenvalue weighted by atomic mass is 10.1. The van der Waals surface area contributed by atoms with Crippen LogP contribution in [0, 0.1) is 0 Å². The van der Waals surface area contributed by atoms with E-state index in [9.17, 15) is 0 Å². The van der Waals surface area contributed by atoms with Crippen LogP contribution in [-0.4, -0.2) is 51.4 Å². The van der Waals surface area contributed by atoms with E-state index in [1.54, 1.807) is 7.11 Å². The highest BCUT2D eigenvalue weighted by Crippen LogP contribution is 2.19. The molecule has 1 saturated heterocycles. The normalized spacial score (nSPS) is 18.2. The molecule has 0 radical (unpaired) electrons. The van der Waals surface area contributed by atoms with Gasteiger partial charge in [-0.1, -0.05) is 19.1 Å². The molecule has 0 spiro atoms. The first-order chi connectivity index (χ1) is 9.33. The highest BCUT2D eigenvalue weighted by Gasteiger charge is 2.17. The van der Waals surface area contributed by atoms with Gasteiger partial charge in [0.1, 0.15) is 5.75 Å². The highest BCUT2D eigenvalue weighted by molar-refractivity contribution is 5.29. The number of hydrogen-bond acceptors (Lipinski definition) is 4. The monoisotopic (exact) mass is 264 g/mol. The van der Waals surface area contributed by atoms with Crippen molar-refractivity contribution in [2.24, 2.45) is 0 Å². The Balaban J connectivity index is 2.00. The van der Waals surface area contributed by atoms with Crippen molar-refractivity contribution in [2.75, 3.05) is 46.5 Å². The Bertz CT molecular complexity index is 361. The molecule has 1 aromatic carbocycles. The number of nitrogens with zero attached hydrogens (tertiary/aromatic N) is 1. The molecule has 1 atom stereocenters. The summed E-state index contributed by atoms with van der Waals surface area (Å²) in [6.45, 7) is 7.90. The number of methoxy groups -OCH3 is 1. The first kappa shape index (κ1) is 14.3. The summed E-state index contributed by atoms with van der Waals surface area (Å²) in [7, 11) is 1.70. The third kappa shape index (κ3) is 4.20. The molecule has 2 rings (SSSR count). The first-order valence-electron chi connectivity index (χ1n) is 7.01. The molecule has 1 N–H and O–H groups in total. The second-order valence-electron chi connectivity index (χ2n) is 4.80. The van der Waals surface area contributed by atoms with E-state index in [1.807, 2.05) is 12.1 Å². The van der Waals surface area contributed by atoms with E-state index in [0.717, 1.165) is 45.1 Å². The number of benzene rings is 1. The Labute approximate surface area is 115 Å². The third-order valence-electron chi connectivity index (χ3n) is 3.51. The maximum Gasteiger partial charge on any atom is 0.118 e. The summed E-state index contributed by atoms with van der Waals surface area (Å²) in [6, 6.07) is 8.71. The molecule has 0 bridgehead atoms. The van der Waals surface area contributed by atoms with Crippen molar-refractivity contribution in [3.05, 3.63) is 29.8 Å². The molecule has 1 fully saturated rings. The first-order valence-corrected chi connectivity index (χ1v) is 7.01. The molecule has 106 valence electrons. The third-order valence-corrected chi connectivity index (χ3v) is 3.51. The fourth-order valence-electron chi connectivity index (χ4n) is 2.41. The zero-order valence-electron chi connectivity index (χ0n) is 11.9. The molecule has 0 saturated carbocycles. The number of ether oxygens (including phenoxy) is 2. The Kier molecular flexibility index (Phi) is 5.63. The summed E-state index contributed by atoms with van der Waals surface area (Å²) < 4.78 is 10.6. The van der Waals surface area contributed by atoms with Gasteiger partial charge in [0.05, 0.1) is 20.3 Å². The zero-order valence-corrected chi connectivity index (χ0v) is 11.9. The van der Waals surface area contributed by atoms with Gasteiger partial charge in [0, 0.05) is 25.7 Å². The molecule has 4 heteroatoms. The summed E-state index contributed by atoms with van der Waals surface area (Å²) in [5.41, 5.74) is 1.31. The van der Waals surface area contributed by atoms with Crippen LogP contribution in [0.2, 0.25) is 0 Å². The lowest BCUT2D eigenvalue weighted by Crippen LogP contribution is -2.41. The molecule has 4 nitrogen and oxygen atoms in total. The van der Waals surface area contributed by atoms with Crippen LogP contribution in [0.5, 0.6) is 5.75 Å². The van der Waals surface area contributed by atoms with Crippen LogP contribution in [0.25, 0.3) is 0 Å². The summed E-state index contributed by atoms with van der Waals surface area (Å²) in [5.74, 6) is 0.908. The average molecular weight is 264 g/mol. The van der Waals surface area contributed by atoms with Crippen LogP contribution in [0.4, 0.5) is 0 Å². The quantitative estimate of drug-likeness (QED) is 0.847. The van der Waals surface area contributed by atoms with E-state index in [-0.39, 0.29) is 0 Å². The smallest absolute Gasteiger partial charge is 0.118 e. The molecule has 0 amide bonds. The van der Waals surface area contributed by atoms with Gasteiger partial charge in [0.25, 0.3) is 0 Å². The van der Waals surface area contributed by atoms with Crippen molar-refractivity contribution < 1.29 is 9.47 Å². The van der Waals surface area contributed by atoms with Gasteiger partial charge in [-0.05, 0) is 24.2 Å². The van der Waals surface area contributed by atoms with Gasteiger partial charge in [-0.2, -0.15) is 0 Å². The molecule has 0 aliphatic carbocycles. The van der Waals surface area contributed by atoms with Crippen LogP contribution in [-0.2, 0) is 4.74 Å². The molecule has 1 heterocycles. The zero-order chi connectivity index (χ0) is 13.5. The number of rotatable bonds is 6.